The minimum atomic E-state index is -0.704. The Balaban J connectivity index is 2.07. The number of nitrogens with zero attached hydrogens (tertiary/aromatic N) is 2. The maximum absolute atomic E-state index is 11.7. The summed E-state index contributed by atoms with van der Waals surface area (Å²) in [7, 11) is 0. The van der Waals surface area contributed by atoms with Crippen LogP contribution in [0.2, 0.25) is 15.2 Å². The average molecular weight is 330 g/mol. The molecule has 2 rings (SSSR count). The predicted molar refractivity (Wildman–Crippen MR) is 78.7 cm³/mol. The van der Waals surface area contributed by atoms with Crippen LogP contribution in [0.5, 0.6) is 0 Å². The molecule has 1 heterocycles. The van der Waals surface area contributed by atoms with E-state index in [-0.39, 0.29) is 10.7 Å². The molecule has 0 fully saturated rings. The van der Waals surface area contributed by atoms with E-state index in [1.807, 2.05) is 0 Å². The molecule has 0 bridgehead atoms. The first-order valence-corrected chi connectivity index (χ1v) is 6.51. The molecule has 2 aromatic rings. The number of carbonyl (C=O) groups is 1. The van der Waals surface area contributed by atoms with Crippen molar-refractivity contribution < 1.29 is 9.63 Å². The van der Waals surface area contributed by atoms with Crippen molar-refractivity contribution in [3.8, 4) is 0 Å². The standard InChI is InChI=1S/C13H7Cl3N2O2/c14-9-4-3-8(11(15)6-9)7-18-20-13(19)10-2-1-5-17-12(10)16/h1-7H. The molecule has 0 radical (unpaired) electrons. The van der Waals surface area contributed by atoms with Crippen LogP contribution in [-0.4, -0.2) is 17.2 Å². The molecular formula is C13H7Cl3N2O2. The van der Waals surface area contributed by atoms with Gasteiger partial charge < -0.3 is 4.84 Å². The number of aromatic nitrogens is 1. The number of hydrogen-bond donors (Lipinski definition) is 0. The lowest BCUT2D eigenvalue weighted by Crippen LogP contribution is -2.02. The van der Waals surface area contributed by atoms with E-state index in [1.165, 1.54) is 18.5 Å². The Hall–Kier alpha value is -1.62. The largest absolute Gasteiger partial charge is 0.368 e. The maximum atomic E-state index is 11.7. The van der Waals surface area contributed by atoms with Gasteiger partial charge in [-0.15, -0.1) is 0 Å². The van der Waals surface area contributed by atoms with Crippen molar-refractivity contribution in [3.05, 3.63) is 62.9 Å². The van der Waals surface area contributed by atoms with E-state index in [0.717, 1.165) is 0 Å². The lowest BCUT2D eigenvalue weighted by atomic mass is 10.2. The van der Waals surface area contributed by atoms with Gasteiger partial charge in [-0.25, -0.2) is 9.78 Å². The van der Waals surface area contributed by atoms with Crippen LogP contribution in [0.1, 0.15) is 15.9 Å². The average Bonchev–Trinajstić information content (AvgIpc) is 2.41. The number of oxime groups is 1. The van der Waals surface area contributed by atoms with Crippen LogP contribution >= 0.6 is 34.8 Å². The molecule has 0 N–H and O–H groups in total. The van der Waals surface area contributed by atoms with Gasteiger partial charge in [0, 0.05) is 16.8 Å². The lowest BCUT2D eigenvalue weighted by molar-refractivity contribution is 0.0519. The quantitative estimate of drug-likeness (QED) is 0.366. The van der Waals surface area contributed by atoms with Gasteiger partial charge in [0.05, 0.1) is 16.8 Å². The van der Waals surface area contributed by atoms with Crippen LogP contribution in [0.15, 0.2) is 41.7 Å². The second kappa shape index (κ2) is 6.70. The summed E-state index contributed by atoms with van der Waals surface area (Å²) in [6, 6.07) is 7.92. The van der Waals surface area contributed by atoms with Crippen LogP contribution in [0.3, 0.4) is 0 Å². The van der Waals surface area contributed by atoms with Gasteiger partial charge in [-0.3, -0.25) is 0 Å². The van der Waals surface area contributed by atoms with Gasteiger partial charge in [-0.05, 0) is 24.3 Å². The minimum absolute atomic E-state index is 0.0530. The minimum Gasteiger partial charge on any atom is -0.313 e. The highest BCUT2D eigenvalue weighted by atomic mass is 35.5. The highest BCUT2D eigenvalue weighted by molar-refractivity contribution is 6.36. The third-order valence-electron chi connectivity index (χ3n) is 2.27. The van der Waals surface area contributed by atoms with E-state index in [0.29, 0.717) is 15.6 Å². The number of carbonyl (C=O) groups excluding carboxylic acids is 1. The maximum Gasteiger partial charge on any atom is 0.368 e. The first-order chi connectivity index (χ1) is 9.58. The molecule has 0 aliphatic heterocycles. The van der Waals surface area contributed by atoms with E-state index >= 15 is 0 Å². The molecule has 0 amide bonds. The van der Waals surface area contributed by atoms with Gasteiger partial charge in [0.25, 0.3) is 0 Å². The fourth-order valence-corrected chi connectivity index (χ4v) is 1.98. The Morgan fingerprint density at radius 3 is 2.75 bits per heavy atom. The molecule has 1 aromatic heterocycles. The Bertz CT molecular complexity index is 674. The number of pyridine rings is 1. The third-order valence-corrected chi connectivity index (χ3v) is 3.13. The summed E-state index contributed by atoms with van der Waals surface area (Å²) in [5.41, 5.74) is 0.703. The first-order valence-electron chi connectivity index (χ1n) is 5.38. The van der Waals surface area contributed by atoms with Crippen LogP contribution in [0.4, 0.5) is 0 Å². The van der Waals surface area contributed by atoms with Gasteiger partial charge in [0.2, 0.25) is 0 Å². The van der Waals surface area contributed by atoms with Crippen molar-refractivity contribution in [2.75, 3.05) is 0 Å². The summed E-state index contributed by atoms with van der Waals surface area (Å²) in [4.78, 5) is 20.2. The Morgan fingerprint density at radius 1 is 1.25 bits per heavy atom. The highest BCUT2D eigenvalue weighted by Crippen LogP contribution is 2.19. The first kappa shape index (κ1) is 14.8. The van der Waals surface area contributed by atoms with Crippen molar-refractivity contribution in [1.82, 2.24) is 4.98 Å². The second-order valence-corrected chi connectivity index (χ2v) is 4.82. The molecule has 102 valence electrons. The molecule has 0 saturated carbocycles. The Morgan fingerprint density at radius 2 is 2.05 bits per heavy atom. The smallest absolute Gasteiger partial charge is 0.313 e. The van der Waals surface area contributed by atoms with Crippen molar-refractivity contribution in [2.45, 2.75) is 0 Å². The SMILES string of the molecule is O=C(ON=Cc1ccc(Cl)cc1Cl)c1cccnc1Cl. The number of rotatable bonds is 3. The fraction of sp³-hybridized carbons (Fsp3) is 0. The summed E-state index contributed by atoms with van der Waals surface area (Å²) in [6.45, 7) is 0. The van der Waals surface area contributed by atoms with Crippen molar-refractivity contribution in [2.24, 2.45) is 5.16 Å². The molecule has 0 spiro atoms. The van der Waals surface area contributed by atoms with E-state index in [9.17, 15) is 4.79 Å². The zero-order chi connectivity index (χ0) is 14.5. The normalized spacial score (nSPS) is 10.8. The Kier molecular flexibility index (Phi) is 4.95. The van der Waals surface area contributed by atoms with E-state index in [1.54, 1.807) is 24.3 Å². The molecule has 0 atom stereocenters. The highest BCUT2D eigenvalue weighted by Gasteiger charge is 2.11. The van der Waals surface area contributed by atoms with Crippen molar-refractivity contribution in [1.29, 1.82) is 0 Å². The van der Waals surface area contributed by atoms with Gasteiger partial charge >= 0.3 is 5.97 Å². The number of benzene rings is 1. The topological polar surface area (TPSA) is 51.5 Å². The monoisotopic (exact) mass is 328 g/mol. The van der Waals surface area contributed by atoms with Crippen LogP contribution < -0.4 is 0 Å². The fourth-order valence-electron chi connectivity index (χ4n) is 1.32. The molecule has 20 heavy (non-hydrogen) atoms. The molecule has 4 nitrogen and oxygen atoms in total. The van der Waals surface area contributed by atoms with E-state index in [4.69, 9.17) is 39.6 Å². The molecular weight excluding hydrogens is 323 g/mol. The van der Waals surface area contributed by atoms with Crippen LogP contribution in [-0.2, 0) is 4.84 Å². The summed E-state index contributed by atoms with van der Waals surface area (Å²) in [6.07, 6.45) is 2.77. The second-order valence-electron chi connectivity index (χ2n) is 3.62. The van der Waals surface area contributed by atoms with Gasteiger partial charge in [-0.2, -0.15) is 0 Å². The van der Waals surface area contributed by atoms with Gasteiger partial charge in [0.1, 0.15) is 5.15 Å². The van der Waals surface area contributed by atoms with Gasteiger partial charge in [0.15, 0.2) is 0 Å². The number of halogens is 3. The van der Waals surface area contributed by atoms with E-state index in [2.05, 4.69) is 10.1 Å². The Labute approximate surface area is 129 Å². The summed E-state index contributed by atoms with van der Waals surface area (Å²) in [5, 5.41) is 4.52. The molecule has 0 saturated heterocycles. The molecule has 0 aliphatic rings. The molecule has 1 aromatic carbocycles. The molecule has 7 heteroatoms. The van der Waals surface area contributed by atoms with Crippen molar-refractivity contribution in [3.63, 3.8) is 0 Å². The zero-order valence-electron chi connectivity index (χ0n) is 9.89. The van der Waals surface area contributed by atoms with E-state index < -0.39 is 5.97 Å². The lowest BCUT2D eigenvalue weighted by Gasteiger charge is -2.00. The molecule has 0 aliphatic carbocycles. The summed E-state index contributed by atoms with van der Waals surface area (Å²) in [5.74, 6) is -0.704. The third kappa shape index (κ3) is 3.70. The summed E-state index contributed by atoms with van der Waals surface area (Å²) < 4.78 is 0. The zero-order valence-corrected chi connectivity index (χ0v) is 12.2. The van der Waals surface area contributed by atoms with Crippen molar-refractivity contribution >= 4 is 47.0 Å². The van der Waals surface area contributed by atoms with Crippen LogP contribution in [0, 0.1) is 0 Å². The predicted octanol–water partition coefficient (Wildman–Crippen LogP) is 4.23. The van der Waals surface area contributed by atoms with Gasteiger partial charge in [-0.1, -0.05) is 46.0 Å². The number of hydrogen-bond acceptors (Lipinski definition) is 4. The summed E-state index contributed by atoms with van der Waals surface area (Å²) >= 11 is 17.5. The molecule has 0 unspecified atom stereocenters. The van der Waals surface area contributed by atoms with Crippen LogP contribution in [0.25, 0.3) is 0 Å².